The molecule has 0 saturated carbocycles. The molecule has 0 bridgehead atoms. The molecule has 2 radical (unpaired) electrons. The van der Waals surface area contributed by atoms with Gasteiger partial charge in [0.25, 0.3) is 0 Å². The first kappa shape index (κ1) is 106. The van der Waals surface area contributed by atoms with Gasteiger partial charge in [-0.15, -0.1) is 0 Å². The van der Waals surface area contributed by atoms with Crippen molar-refractivity contribution in [1.29, 1.82) is 0 Å². The normalized spacial score (nSPS) is 9.90. The number of hydrogen-bond donors (Lipinski definition) is 10. The average Bonchev–Trinajstić information content (AvgIpc) is 2.90. The minimum Gasteiger partial charge on any atom is -0.759 e. The molecule has 0 atom stereocenters. The summed E-state index contributed by atoms with van der Waals surface area (Å²) in [6.45, 7) is 9.58. The predicted octanol–water partition coefficient (Wildman–Crippen LogP) is -23.4. The molecule has 0 aromatic rings. The Morgan fingerprint density at radius 3 is 0.194 bits per heavy atom. The van der Waals surface area contributed by atoms with Crippen molar-refractivity contribution in [2.75, 3.05) is 65.4 Å². The van der Waals surface area contributed by atoms with Crippen LogP contribution in [0, 0.1) is 93.8 Å². The van der Waals surface area contributed by atoms with Gasteiger partial charge >= 0.3 is 93.8 Å². The van der Waals surface area contributed by atoms with Crippen LogP contribution in [0.25, 0.3) is 0 Å². The first-order valence-electron chi connectivity index (χ1n) is 12.8. The Labute approximate surface area is 434 Å². The molecule has 0 amide bonds. The average molecular weight is 1430 g/mol. The van der Waals surface area contributed by atoms with Gasteiger partial charge in [0.2, 0.25) is 0 Å². The Morgan fingerprint density at radius 1 is 0.177 bits per heavy atom. The third kappa shape index (κ3) is 5190. The summed E-state index contributed by atoms with van der Waals surface area (Å²) >= 11 is 0. The van der Waals surface area contributed by atoms with Crippen molar-refractivity contribution in [1.82, 2.24) is 0 Å². The van der Waals surface area contributed by atoms with E-state index in [2.05, 4.69) is 57.3 Å². The Hall–Kier alpha value is 1.60. The van der Waals surface area contributed by atoms with Gasteiger partial charge in [0, 0.05) is 83.2 Å². The fraction of sp³-hybridized carbons (Fsp3) is 1.00. The smallest absolute Gasteiger partial charge is 0.759 e. The minimum absolute atomic E-state index is 0. The molecule has 62 heavy (non-hydrogen) atoms. The summed E-state index contributed by atoms with van der Waals surface area (Å²) in [7, 11) is -41.3. The molecule has 0 saturated heterocycles. The second kappa shape index (κ2) is 66.9. The van der Waals surface area contributed by atoms with E-state index in [-0.39, 0.29) is 93.8 Å². The van der Waals surface area contributed by atoms with Crippen LogP contribution in [0.15, 0.2) is 0 Å². The summed E-state index contributed by atoms with van der Waals surface area (Å²) in [6, 6.07) is 0. The maximum absolute atomic E-state index is 8.52. The number of hydrogen-bond acceptors (Lipinski definition) is 32. The van der Waals surface area contributed by atoms with Crippen molar-refractivity contribution in [2.24, 2.45) is 0 Å². The molecule has 0 aliphatic rings. The maximum Gasteiger partial charge on any atom is 3.00 e. The number of rotatable bonds is 5. The van der Waals surface area contributed by atoms with Gasteiger partial charge < -0.3 is 130 Å². The Morgan fingerprint density at radius 2 is 0.194 bits per heavy atom. The topological polar surface area (TPSA) is 918 Å². The third-order valence-corrected chi connectivity index (χ3v) is 1.25. The zero-order chi connectivity index (χ0) is 53.1. The molecule has 0 rings (SSSR count). The molecule has 30 N–H and O–H groups in total. The van der Waals surface area contributed by atoms with Gasteiger partial charge in [0.15, 0.2) is 0 Å². The first-order chi connectivity index (χ1) is 25.6. The molecule has 0 spiro atoms. The van der Waals surface area contributed by atoms with Crippen molar-refractivity contribution in [3.63, 3.8) is 0 Å². The summed E-state index contributed by atoms with van der Waals surface area (Å²) in [5.74, 6) is 0. The van der Waals surface area contributed by atoms with Gasteiger partial charge in [-0.25, -0.2) is 0 Å². The molecular formula is C10H50N10O32S8Yb2. The van der Waals surface area contributed by atoms with Gasteiger partial charge in [0.1, 0.15) is 65.4 Å². The molecule has 0 aromatic heterocycles. The van der Waals surface area contributed by atoms with E-state index in [1.807, 2.05) is 0 Å². The molecule has 0 heterocycles. The Kier molecular flexibility index (Phi) is 114. The van der Waals surface area contributed by atoms with E-state index in [1.54, 1.807) is 0 Å². The van der Waals surface area contributed by atoms with Crippen LogP contribution in [-0.4, -0.2) is 206 Å². The van der Waals surface area contributed by atoms with E-state index in [4.69, 9.17) is 140 Å². The van der Waals surface area contributed by atoms with Crippen molar-refractivity contribution in [3.05, 3.63) is 0 Å². The van der Waals surface area contributed by atoms with E-state index in [1.165, 1.54) is 0 Å². The predicted molar refractivity (Wildman–Crippen MR) is 161 cm³/mol. The third-order valence-electron chi connectivity index (χ3n) is 1.25. The van der Waals surface area contributed by atoms with Crippen molar-refractivity contribution < 1.29 is 291 Å². The van der Waals surface area contributed by atoms with Gasteiger partial charge in [-0.1, -0.05) is 0 Å². The van der Waals surface area contributed by atoms with Gasteiger partial charge in [-0.3, -0.25) is 67.3 Å². The van der Waals surface area contributed by atoms with Crippen LogP contribution >= 0.6 is 0 Å². The van der Waals surface area contributed by atoms with E-state index in [9.17, 15) is 0 Å². The second-order valence-electron chi connectivity index (χ2n) is 6.80. The summed E-state index contributed by atoms with van der Waals surface area (Å²) in [4.78, 5) is 0. The monoisotopic (exact) mass is 1430 g/mol. The first-order valence-corrected chi connectivity index (χ1v) is 23.5. The van der Waals surface area contributed by atoms with E-state index in [0.717, 1.165) is 65.4 Å². The molecule has 0 aliphatic heterocycles. The summed E-state index contributed by atoms with van der Waals surface area (Å²) < 4.78 is 273. The largest absolute Gasteiger partial charge is 3.00 e. The van der Waals surface area contributed by atoms with Crippen LogP contribution in [0.2, 0.25) is 0 Å². The summed E-state index contributed by atoms with van der Waals surface area (Å²) in [5.41, 5.74) is 35.4. The Bertz CT molecular complexity index is 1280. The van der Waals surface area contributed by atoms with E-state index >= 15 is 0 Å². The molecular weight excluding hydrogens is 1370 g/mol. The van der Waals surface area contributed by atoms with Crippen LogP contribution < -0.4 is 57.3 Å². The zero-order valence-corrected chi connectivity index (χ0v) is 41.0. The number of quaternary nitrogens is 10. The second-order valence-corrected chi connectivity index (χ2v) is 13.3. The van der Waals surface area contributed by atoms with Gasteiger partial charge in [-0.05, 0) is 0 Å². The molecule has 42 nitrogen and oxygen atoms in total. The van der Waals surface area contributed by atoms with Crippen molar-refractivity contribution >= 4 is 83.2 Å². The summed E-state index contributed by atoms with van der Waals surface area (Å²) in [5, 5.41) is 0. The molecule has 0 aliphatic carbocycles. The van der Waals surface area contributed by atoms with Crippen LogP contribution in [0.3, 0.4) is 0 Å². The summed E-state index contributed by atoms with van der Waals surface area (Å²) in [6.07, 6.45) is 0. The standard InChI is InChI=1S/5C2H8N2.8H2O4S.2Yb/c5*3-1-2-4;8*1-5(2,3)4;;/h5*1-4H2;8*(H2,1,2,3,4);;/q;;;;;;;;;;;;;2*+3/p-6. The van der Waals surface area contributed by atoms with Crippen LogP contribution in [-0.2, 0) is 83.2 Å². The van der Waals surface area contributed by atoms with Crippen LogP contribution in [0.4, 0.5) is 0 Å². The fourth-order valence-corrected chi connectivity index (χ4v) is 0. The quantitative estimate of drug-likeness (QED) is 0.0902. The minimum atomic E-state index is -5.17. The van der Waals surface area contributed by atoms with Crippen LogP contribution in [0.5, 0.6) is 0 Å². The van der Waals surface area contributed by atoms with Gasteiger partial charge in [-0.2, -0.15) is 0 Å². The molecule has 0 aromatic carbocycles. The van der Waals surface area contributed by atoms with E-state index in [0.29, 0.717) is 0 Å². The zero-order valence-electron chi connectivity index (χ0n) is 31.0. The van der Waals surface area contributed by atoms with Crippen LogP contribution in [0.1, 0.15) is 0 Å². The maximum atomic E-state index is 8.52. The van der Waals surface area contributed by atoms with Crippen molar-refractivity contribution in [2.45, 2.75) is 0 Å². The molecule has 0 unspecified atom stereocenters. The Balaban J connectivity index is -0.0000000296. The van der Waals surface area contributed by atoms with E-state index < -0.39 is 83.2 Å². The van der Waals surface area contributed by atoms with Gasteiger partial charge in [0.05, 0.1) is 0 Å². The SMILES string of the molecule is O=S(=O)([O-])[O-].O=S(=O)([O-])[O-].O=S(=O)([O-])[O-].O=S(=O)([O-])[O-].O=S(=O)([O-])[O-].O=S(=O)([O-])[O-].O=S(=O)([O-])[O-].O=S(=O)([O-])[O-].[NH3+]CC[NH3+].[NH3+]CC[NH3+].[NH3+]CC[NH3+].[NH3+]CC[NH3+].[NH3+]CC[NH3+].[Yb+3].[Yb+3]. The fourth-order valence-electron chi connectivity index (χ4n) is 0. The molecule has 52 heteroatoms. The van der Waals surface area contributed by atoms with Crippen molar-refractivity contribution in [3.8, 4) is 0 Å². The molecule has 0 fully saturated rings. The molecule has 408 valence electrons.